The third-order valence-electron chi connectivity index (χ3n) is 1.79. The van der Waals surface area contributed by atoms with Gasteiger partial charge in [0.25, 0.3) is 0 Å². The quantitative estimate of drug-likeness (QED) is 0.886. The lowest BCUT2D eigenvalue weighted by molar-refractivity contribution is -0.116. The topological polar surface area (TPSA) is 37.3 Å². The first-order valence-corrected chi connectivity index (χ1v) is 4.85. The van der Waals surface area contributed by atoms with E-state index in [1.54, 1.807) is 19.1 Å². The minimum atomic E-state index is 0.138. The Bertz CT molecular complexity index is 321. The maximum absolute atomic E-state index is 10.7. The number of phenolic OH excluding ortho intramolecular Hbond substituents is 1. The molecule has 0 aliphatic carbocycles. The van der Waals surface area contributed by atoms with Crippen molar-refractivity contribution in [1.82, 2.24) is 0 Å². The molecule has 0 aliphatic rings. The van der Waals surface area contributed by atoms with Gasteiger partial charge in [0, 0.05) is 10.9 Å². The summed E-state index contributed by atoms with van der Waals surface area (Å²) in [5, 5.41) is 9.42. The first-order valence-electron chi connectivity index (χ1n) is 4.06. The maximum atomic E-state index is 10.7. The number of phenols is 1. The summed E-state index contributed by atoms with van der Waals surface area (Å²) >= 11 is 3.31. The van der Waals surface area contributed by atoms with Gasteiger partial charge in [-0.15, -0.1) is 0 Å². The van der Waals surface area contributed by atoms with E-state index in [0.717, 1.165) is 10.0 Å². The summed E-state index contributed by atoms with van der Waals surface area (Å²) in [5.74, 6) is 0.392. The zero-order valence-corrected chi connectivity index (χ0v) is 8.97. The number of aromatic hydroxyl groups is 1. The van der Waals surface area contributed by atoms with Gasteiger partial charge in [-0.05, 0) is 37.1 Å². The van der Waals surface area contributed by atoms with Crippen LogP contribution in [-0.4, -0.2) is 10.9 Å². The third-order valence-corrected chi connectivity index (χ3v) is 2.28. The van der Waals surface area contributed by atoms with Crippen LogP contribution in [0.3, 0.4) is 0 Å². The van der Waals surface area contributed by atoms with E-state index in [4.69, 9.17) is 0 Å². The van der Waals surface area contributed by atoms with Crippen molar-refractivity contribution in [3.8, 4) is 5.75 Å². The van der Waals surface area contributed by atoms with E-state index in [9.17, 15) is 9.90 Å². The Morgan fingerprint density at radius 1 is 1.54 bits per heavy atom. The van der Waals surface area contributed by atoms with Crippen LogP contribution in [0.1, 0.15) is 18.9 Å². The zero-order chi connectivity index (χ0) is 9.84. The highest BCUT2D eigenvalue weighted by molar-refractivity contribution is 9.10. The molecule has 0 saturated heterocycles. The summed E-state index contributed by atoms with van der Waals surface area (Å²) in [6.45, 7) is 1.55. The number of ketones is 1. The minimum Gasteiger partial charge on any atom is -0.508 e. The molecule has 13 heavy (non-hydrogen) atoms. The number of hydrogen-bond acceptors (Lipinski definition) is 2. The molecule has 1 N–H and O–H groups in total. The van der Waals surface area contributed by atoms with Gasteiger partial charge in [-0.2, -0.15) is 0 Å². The molecular weight excluding hydrogens is 232 g/mol. The maximum Gasteiger partial charge on any atom is 0.130 e. The van der Waals surface area contributed by atoms with Gasteiger partial charge in [-0.3, -0.25) is 0 Å². The molecule has 0 spiro atoms. The lowest BCUT2D eigenvalue weighted by atomic mass is 10.1. The molecule has 1 aromatic carbocycles. The Hall–Kier alpha value is -0.830. The van der Waals surface area contributed by atoms with Gasteiger partial charge in [0.05, 0.1) is 0 Å². The molecule has 70 valence electrons. The van der Waals surface area contributed by atoms with E-state index >= 15 is 0 Å². The van der Waals surface area contributed by atoms with Crippen molar-refractivity contribution in [2.75, 3.05) is 0 Å². The highest BCUT2D eigenvalue weighted by Crippen LogP contribution is 2.22. The predicted octanol–water partition coefficient (Wildman–Crippen LogP) is 2.68. The Morgan fingerprint density at radius 2 is 2.23 bits per heavy atom. The molecule has 0 unspecified atom stereocenters. The van der Waals surface area contributed by atoms with E-state index in [-0.39, 0.29) is 11.5 Å². The summed E-state index contributed by atoms with van der Waals surface area (Å²) in [5.41, 5.74) is 0.810. The van der Waals surface area contributed by atoms with Crippen LogP contribution in [0.4, 0.5) is 0 Å². The molecule has 0 bridgehead atoms. The van der Waals surface area contributed by atoms with Crippen molar-refractivity contribution in [2.45, 2.75) is 19.8 Å². The smallest absolute Gasteiger partial charge is 0.130 e. The van der Waals surface area contributed by atoms with Crippen LogP contribution in [0, 0.1) is 0 Å². The van der Waals surface area contributed by atoms with E-state index in [0.29, 0.717) is 12.8 Å². The highest BCUT2D eigenvalue weighted by Gasteiger charge is 2.02. The average molecular weight is 243 g/mol. The van der Waals surface area contributed by atoms with Crippen molar-refractivity contribution in [2.24, 2.45) is 0 Å². The number of carbonyl (C=O) groups is 1. The van der Waals surface area contributed by atoms with Gasteiger partial charge in [-0.1, -0.05) is 15.9 Å². The second kappa shape index (κ2) is 4.42. The van der Waals surface area contributed by atoms with Crippen LogP contribution in [0.15, 0.2) is 22.7 Å². The molecule has 0 aliphatic heterocycles. The number of aryl methyl sites for hydroxylation is 1. The molecule has 1 aromatic rings. The summed E-state index contributed by atoms with van der Waals surface area (Å²) in [6, 6.07) is 5.23. The lowest BCUT2D eigenvalue weighted by Gasteiger charge is -2.03. The number of carbonyl (C=O) groups excluding carboxylic acids is 1. The second-order valence-corrected chi connectivity index (χ2v) is 3.89. The second-order valence-electron chi connectivity index (χ2n) is 2.98. The Labute approximate surface area is 85.7 Å². The molecule has 2 nitrogen and oxygen atoms in total. The molecule has 0 amide bonds. The normalized spacial score (nSPS) is 10.0. The largest absolute Gasteiger partial charge is 0.508 e. The summed E-state index contributed by atoms with van der Waals surface area (Å²) in [4.78, 5) is 10.7. The predicted molar refractivity (Wildman–Crippen MR) is 54.8 cm³/mol. The molecular formula is C10H11BrO2. The van der Waals surface area contributed by atoms with Crippen LogP contribution in [-0.2, 0) is 11.2 Å². The Morgan fingerprint density at radius 3 is 2.85 bits per heavy atom. The van der Waals surface area contributed by atoms with E-state index < -0.39 is 0 Å². The number of benzene rings is 1. The van der Waals surface area contributed by atoms with E-state index in [1.165, 1.54) is 0 Å². The van der Waals surface area contributed by atoms with Crippen LogP contribution >= 0.6 is 15.9 Å². The molecule has 0 atom stereocenters. The molecule has 0 heterocycles. The fourth-order valence-electron chi connectivity index (χ4n) is 1.07. The van der Waals surface area contributed by atoms with Gasteiger partial charge in [0.2, 0.25) is 0 Å². The monoisotopic (exact) mass is 242 g/mol. The SMILES string of the molecule is CC(=O)CCc1cc(Br)ccc1O. The molecule has 0 radical (unpaired) electrons. The van der Waals surface area contributed by atoms with Gasteiger partial charge in [-0.25, -0.2) is 0 Å². The van der Waals surface area contributed by atoms with Crippen LogP contribution in [0.2, 0.25) is 0 Å². The van der Waals surface area contributed by atoms with Crippen molar-refractivity contribution >= 4 is 21.7 Å². The molecule has 3 heteroatoms. The van der Waals surface area contributed by atoms with Crippen molar-refractivity contribution in [3.63, 3.8) is 0 Å². The summed E-state index contributed by atoms with van der Waals surface area (Å²) < 4.78 is 0.920. The van der Waals surface area contributed by atoms with Crippen molar-refractivity contribution in [1.29, 1.82) is 0 Å². The fourth-order valence-corrected chi connectivity index (χ4v) is 1.47. The lowest BCUT2D eigenvalue weighted by Crippen LogP contribution is -1.94. The molecule has 1 rings (SSSR count). The first kappa shape index (κ1) is 10.3. The molecule has 0 aromatic heterocycles. The number of rotatable bonds is 3. The number of halogens is 1. The standard InChI is InChI=1S/C10H11BrO2/c1-7(12)2-3-8-6-9(11)4-5-10(8)13/h4-6,13H,2-3H2,1H3. The van der Waals surface area contributed by atoms with Gasteiger partial charge >= 0.3 is 0 Å². The first-order chi connectivity index (χ1) is 6.09. The van der Waals surface area contributed by atoms with Crippen molar-refractivity contribution < 1.29 is 9.90 Å². The summed E-state index contributed by atoms with van der Waals surface area (Å²) in [7, 11) is 0. The van der Waals surface area contributed by atoms with Crippen LogP contribution < -0.4 is 0 Å². The summed E-state index contributed by atoms with van der Waals surface area (Å²) in [6.07, 6.45) is 1.07. The van der Waals surface area contributed by atoms with Gasteiger partial charge in [0.15, 0.2) is 0 Å². The number of hydrogen-bond donors (Lipinski definition) is 1. The van der Waals surface area contributed by atoms with E-state index in [1.807, 2.05) is 6.07 Å². The average Bonchev–Trinajstić information content (AvgIpc) is 2.06. The highest BCUT2D eigenvalue weighted by atomic mass is 79.9. The van der Waals surface area contributed by atoms with Gasteiger partial charge < -0.3 is 9.90 Å². The zero-order valence-electron chi connectivity index (χ0n) is 7.38. The third kappa shape index (κ3) is 3.19. The van der Waals surface area contributed by atoms with Crippen molar-refractivity contribution in [3.05, 3.63) is 28.2 Å². The number of Topliss-reactive ketones (excluding diaryl/α,β-unsaturated/α-hetero) is 1. The molecule has 0 fully saturated rings. The van der Waals surface area contributed by atoms with Crippen LogP contribution in [0.5, 0.6) is 5.75 Å². The minimum absolute atomic E-state index is 0.138. The van der Waals surface area contributed by atoms with E-state index in [2.05, 4.69) is 15.9 Å². The van der Waals surface area contributed by atoms with Gasteiger partial charge in [0.1, 0.15) is 11.5 Å². The Kier molecular flexibility index (Phi) is 3.48. The Balaban J connectivity index is 2.75. The molecule has 0 saturated carbocycles. The fraction of sp³-hybridized carbons (Fsp3) is 0.300. The van der Waals surface area contributed by atoms with Crippen LogP contribution in [0.25, 0.3) is 0 Å².